The lowest BCUT2D eigenvalue weighted by Gasteiger charge is -2.04. The summed E-state index contributed by atoms with van der Waals surface area (Å²) < 4.78 is 13.7. The van der Waals surface area contributed by atoms with Crippen LogP contribution in [0, 0.1) is 29.0 Å². The van der Waals surface area contributed by atoms with Crippen LogP contribution in [0.2, 0.25) is 0 Å². The predicted octanol–water partition coefficient (Wildman–Crippen LogP) is 4.56. The molecular weight excluding hydrogens is 365 g/mol. The van der Waals surface area contributed by atoms with Crippen molar-refractivity contribution in [3.8, 4) is 17.9 Å². The largest absolute Gasteiger partial charge is 0.324 e. The summed E-state index contributed by atoms with van der Waals surface area (Å²) in [5.74, 6) is 5.14. The van der Waals surface area contributed by atoms with Crippen LogP contribution in [0.25, 0.3) is 0 Å². The molecule has 138 valence electrons. The van der Waals surface area contributed by atoms with Gasteiger partial charge in [0.05, 0.1) is 40.7 Å². The van der Waals surface area contributed by atoms with Gasteiger partial charge in [-0.15, -0.1) is 0 Å². The molecule has 0 bridgehead atoms. The lowest BCUT2D eigenvalue weighted by atomic mass is 10.0. The minimum atomic E-state index is -0.378. The first-order valence-electron chi connectivity index (χ1n) is 8.91. The van der Waals surface area contributed by atoms with Crippen LogP contribution >= 0.6 is 0 Å². The maximum absolute atomic E-state index is 13.7. The van der Waals surface area contributed by atoms with Crippen LogP contribution in [0.3, 0.4) is 0 Å². The number of carbonyl (C=O) groups is 1. The van der Waals surface area contributed by atoms with E-state index >= 15 is 0 Å². The Kier molecular flexibility index (Phi) is 4.88. The van der Waals surface area contributed by atoms with Gasteiger partial charge in [-0.25, -0.2) is 4.39 Å². The second kappa shape index (κ2) is 7.80. The summed E-state index contributed by atoms with van der Waals surface area (Å²) in [5.41, 5.74) is 3.92. The molecule has 29 heavy (non-hydrogen) atoms. The third-order valence-corrected chi connectivity index (χ3v) is 4.39. The first-order valence-corrected chi connectivity index (χ1v) is 8.91. The van der Waals surface area contributed by atoms with Crippen LogP contribution in [0.4, 0.5) is 15.8 Å². The second-order valence-electron chi connectivity index (χ2n) is 6.44. The molecule has 0 unspecified atom stereocenters. The molecule has 0 fully saturated rings. The number of fused-ring (bicyclic) bond motifs is 1. The number of nitrogens with one attached hydrogen (secondary N) is 1. The summed E-state index contributed by atoms with van der Waals surface area (Å²) in [6.07, 6.45) is 0.0970. The molecule has 3 aromatic carbocycles. The fraction of sp³-hybridized carbons (Fsp3) is 0.0417. The fourth-order valence-corrected chi connectivity index (χ4v) is 2.98. The lowest BCUT2D eigenvalue weighted by Crippen LogP contribution is -2.15. The van der Waals surface area contributed by atoms with Gasteiger partial charge in [0.1, 0.15) is 5.82 Å². The second-order valence-corrected chi connectivity index (χ2v) is 6.44. The molecular formula is C24H14FN3O. The SMILES string of the molecule is N#Cc1cccc(C2=Nc3ccc(C#Cc4ccccc4F)cc3NC(=O)C2)c1. The minimum Gasteiger partial charge on any atom is -0.324 e. The molecule has 4 rings (SSSR count). The number of hydrogen-bond acceptors (Lipinski definition) is 3. The number of hydrogen-bond donors (Lipinski definition) is 1. The molecule has 3 aromatic rings. The maximum Gasteiger partial charge on any atom is 0.230 e. The van der Waals surface area contributed by atoms with Gasteiger partial charge >= 0.3 is 0 Å². The van der Waals surface area contributed by atoms with E-state index in [1.807, 2.05) is 6.07 Å². The van der Waals surface area contributed by atoms with Gasteiger partial charge in [-0.3, -0.25) is 9.79 Å². The van der Waals surface area contributed by atoms with Gasteiger partial charge in [0.2, 0.25) is 5.91 Å². The molecule has 0 saturated carbocycles. The topological polar surface area (TPSA) is 65.2 Å². The van der Waals surface area contributed by atoms with E-state index in [1.54, 1.807) is 54.6 Å². The smallest absolute Gasteiger partial charge is 0.230 e. The highest BCUT2D eigenvalue weighted by Crippen LogP contribution is 2.30. The Balaban J connectivity index is 1.70. The zero-order chi connectivity index (χ0) is 20.2. The quantitative estimate of drug-likeness (QED) is 0.630. The highest BCUT2D eigenvalue weighted by Gasteiger charge is 2.17. The number of halogens is 1. The molecule has 0 atom stereocenters. The van der Waals surface area contributed by atoms with Crippen molar-refractivity contribution in [2.45, 2.75) is 6.42 Å². The summed E-state index contributed by atoms with van der Waals surface area (Å²) in [7, 11) is 0. The Bertz CT molecular complexity index is 1260. The van der Waals surface area contributed by atoms with E-state index < -0.39 is 0 Å². The summed E-state index contributed by atoms with van der Waals surface area (Å²) in [6, 6.07) is 20.7. The van der Waals surface area contributed by atoms with Crippen molar-refractivity contribution in [2.24, 2.45) is 4.99 Å². The summed E-state index contributed by atoms with van der Waals surface area (Å²) in [5, 5.41) is 11.9. The molecule has 5 heteroatoms. The zero-order valence-electron chi connectivity index (χ0n) is 15.2. The van der Waals surface area contributed by atoms with Crippen molar-refractivity contribution in [3.05, 3.63) is 94.8 Å². The molecule has 1 aliphatic heterocycles. The number of nitriles is 1. The fourth-order valence-electron chi connectivity index (χ4n) is 2.98. The summed E-state index contributed by atoms with van der Waals surface area (Å²) >= 11 is 0. The number of benzene rings is 3. The van der Waals surface area contributed by atoms with Crippen LogP contribution < -0.4 is 5.32 Å². The molecule has 1 heterocycles. The van der Waals surface area contributed by atoms with E-state index in [1.165, 1.54) is 6.07 Å². The number of rotatable bonds is 1. The van der Waals surface area contributed by atoms with Gasteiger partial charge in [-0.05, 0) is 48.0 Å². The molecule has 0 aromatic heterocycles. The first-order chi connectivity index (χ1) is 14.1. The zero-order valence-corrected chi connectivity index (χ0v) is 15.2. The molecule has 0 saturated heterocycles. The van der Waals surface area contributed by atoms with Crippen molar-refractivity contribution in [1.29, 1.82) is 5.26 Å². The van der Waals surface area contributed by atoms with E-state index in [0.717, 1.165) is 5.56 Å². The van der Waals surface area contributed by atoms with E-state index in [4.69, 9.17) is 5.26 Å². The van der Waals surface area contributed by atoms with E-state index in [9.17, 15) is 9.18 Å². The Labute approximate surface area is 167 Å². The normalized spacial score (nSPS) is 12.4. The molecule has 0 spiro atoms. The maximum atomic E-state index is 13.7. The van der Waals surface area contributed by atoms with Crippen LogP contribution in [0.1, 0.15) is 28.7 Å². The molecule has 1 N–H and O–H groups in total. The van der Waals surface area contributed by atoms with Gasteiger partial charge in [-0.1, -0.05) is 36.1 Å². The standard InChI is InChI=1S/C24H14FN3O/c25-20-7-2-1-5-18(20)10-8-16-9-11-21-23(13-16)28-24(29)14-22(27-21)19-6-3-4-17(12-19)15-26/h1-7,9,11-13H,14H2,(H,28,29). The van der Waals surface area contributed by atoms with Crippen LogP contribution in [-0.2, 0) is 4.79 Å². The number of aliphatic imine (C=N–C) groups is 1. The van der Waals surface area contributed by atoms with Crippen molar-refractivity contribution in [2.75, 3.05) is 5.32 Å². The molecule has 0 aliphatic carbocycles. The van der Waals surface area contributed by atoms with Crippen molar-refractivity contribution in [3.63, 3.8) is 0 Å². The van der Waals surface area contributed by atoms with Crippen LogP contribution in [0.15, 0.2) is 71.7 Å². The summed E-state index contributed by atoms with van der Waals surface area (Å²) in [6.45, 7) is 0. The van der Waals surface area contributed by atoms with Gasteiger partial charge in [0.15, 0.2) is 0 Å². The first kappa shape index (κ1) is 18.2. The van der Waals surface area contributed by atoms with Crippen LogP contribution in [-0.4, -0.2) is 11.6 Å². The van der Waals surface area contributed by atoms with Crippen molar-refractivity contribution in [1.82, 2.24) is 0 Å². The lowest BCUT2D eigenvalue weighted by molar-refractivity contribution is -0.115. The Morgan fingerprint density at radius 1 is 0.966 bits per heavy atom. The number of anilines is 1. The highest BCUT2D eigenvalue weighted by atomic mass is 19.1. The molecule has 4 nitrogen and oxygen atoms in total. The Morgan fingerprint density at radius 3 is 2.66 bits per heavy atom. The molecule has 0 radical (unpaired) electrons. The highest BCUT2D eigenvalue weighted by molar-refractivity contribution is 6.17. The summed E-state index contributed by atoms with van der Waals surface area (Å²) in [4.78, 5) is 17.0. The number of carbonyl (C=O) groups excluding carboxylic acids is 1. The van der Waals surface area contributed by atoms with Crippen LogP contribution in [0.5, 0.6) is 0 Å². The average Bonchev–Trinajstić information content (AvgIpc) is 2.90. The van der Waals surface area contributed by atoms with Gasteiger partial charge in [0.25, 0.3) is 0 Å². The number of nitrogens with zero attached hydrogens (tertiary/aromatic N) is 2. The predicted molar refractivity (Wildman–Crippen MR) is 109 cm³/mol. The third-order valence-electron chi connectivity index (χ3n) is 4.39. The van der Waals surface area contributed by atoms with E-state index in [2.05, 4.69) is 28.2 Å². The van der Waals surface area contributed by atoms with E-state index in [0.29, 0.717) is 33.8 Å². The Morgan fingerprint density at radius 2 is 1.83 bits per heavy atom. The monoisotopic (exact) mass is 379 g/mol. The molecule has 1 amide bonds. The average molecular weight is 379 g/mol. The van der Waals surface area contributed by atoms with Gasteiger partial charge in [-0.2, -0.15) is 5.26 Å². The van der Waals surface area contributed by atoms with Gasteiger partial charge < -0.3 is 5.32 Å². The van der Waals surface area contributed by atoms with Crippen molar-refractivity contribution >= 4 is 23.0 Å². The number of amides is 1. The van der Waals surface area contributed by atoms with E-state index in [-0.39, 0.29) is 18.1 Å². The third kappa shape index (κ3) is 4.05. The minimum absolute atomic E-state index is 0.0970. The van der Waals surface area contributed by atoms with Gasteiger partial charge in [0, 0.05) is 5.56 Å². The van der Waals surface area contributed by atoms with Crippen molar-refractivity contribution < 1.29 is 9.18 Å². The molecule has 1 aliphatic rings. The Hall–Kier alpha value is -4.22.